The normalized spacial score (nSPS) is 26.3. The third-order valence-corrected chi connectivity index (χ3v) is 5.53. The molecule has 8 heteroatoms. The molecule has 1 saturated carbocycles. The number of hydrogen-bond acceptors (Lipinski definition) is 6. The van der Waals surface area contributed by atoms with Gasteiger partial charge in [-0.2, -0.15) is 4.98 Å². The summed E-state index contributed by atoms with van der Waals surface area (Å²) in [5.41, 5.74) is 5.44. The minimum Gasteiger partial charge on any atom is -0.354 e. The van der Waals surface area contributed by atoms with Crippen molar-refractivity contribution in [1.82, 2.24) is 15.3 Å². The zero-order chi connectivity index (χ0) is 17.4. The largest absolute Gasteiger partial charge is 0.354 e. The molecule has 4 rings (SSSR count). The van der Waals surface area contributed by atoms with Gasteiger partial charge in [0.15, 0.2) is 11.6 Å². The van der Waals surface area contributed by atoms with Gasteiger partial charge in [-0.05, 0) is 31.6 Å². The highest BCUT2D eigenvalue weighted by atomic mass is 19.1. The van der Waals surface area contributed by atoms with Crippen molar-refractivity contribution in [2.24, 2.45) is 17.6 Å². The molecule has 0 radical (unpaired) electrons. The lowest BCUT2D eigenvalue weighted by Gasteiger charge is -2.21. The highest BCUT2D eigenvalue weighted by molar-refractivity contribution is 5.78. The van der Waals surface area contributed by atoms with Crippen LogP contribution in [0.15, 0.2) is 6.20 Å². The lowest BCUT2D eigenvalue weighted by atomic mass is 9.98. The lowest BCUT2D eigenvalue weighted by molar-refractivity contribution is -0.120. The Bertz CT molecular complexity index is 646. The van der Waals surface area contributed by atoms with E-state index in [4.69, 9.17) is 5.73 Å². The molecule has 2 atom stereocenters. The predicted molar refractivity (Wildman–Crippen MR) is 92.8 cm³/mol. The van der Waals surface area contributed by atoms with Crippen LogP contribution in [0.3, 0.4) is 0 Å². The average molecular weight is 348 g/mol. The van der Waals surface area contributed by atoms with E-state index in [1.807, 2.05) is 4.90 Å². The molecule has 2 saturated heterocycles. The molecular formula is C17H25FN6O. The van der Waals surface area contributed by atoms with E-state index in [0.717, 1.165) is 32.5 Å². The van der Waals surface area contributed by atoms with Gasteiger partial charge in [-0.25, -0.2) is 9.37 Å². The molecule has 0 spiro atoms. The molecule has 3 aliphatic rings. The summed E-state index contributed by atoms with van der Waals surface area (Å²) < 4.78 is 14.2. The first kappa shape index (κ1) is 16.5. The summed E-state index contributed by atoms with van der Waals surface area (Å²) in [5, 5.41) is 3.04. The van der Waals surface area contributed by atoms with E-state index in [1.165, 1.54) is 19.0 Å². The van der Waals surface area contributed by atoms with Crippen LogP contribution in [0.25, 0.3) is 0 Å². The maximum absolute atomic E-state index is 14.2. The van der Waals surface area contributed by atoms with Crippen molar-refractivity contribution >= 4 is 17.7 Å². The topological polar surface area (TPSA) is 87.4 Å². The number of anilines is 2. The molecule has 1 aliphatic carbocycles. The average Bonchev–Trinajstić information content (AvgIpc) is 3.15. The fraction of sp³-hybridized carbons (Fsp3) is 0.706. The molecule has 136 valence electrons. The minimum absolute atomic E-state index is 0.0000427. The molecule has 7 nitrogen and oxygen atoms in total. The summed E-state index contributed by atoms with van der Waals surface area (Å²) in [6.45, 7) is 3.13. The Balaban J connectivity index is 1.53. The zero-order valence-corrected chi connectivity index (χ0v) is 14.3. The molecule has 0 bridgehead atoms. The summed E-state index contributed by atoms with van der Waals surface area (Å²) in [5.74, 6) is 1.50. The highest BCUT2D eigenvalue weighted by Gasteiger charge is 2.43. The number of nitrogens with two attached hydrogens (primary N) is 1. The molecular weight excluding hydrogens is 323 g/mol. The molecule has 3 heterocycles. The van der Waals surface area contributed by atoms with Crippen LogP contribution in [0.2, 0.25) is 0 Å². The number of nitrogens with one attached hydrogen (secondary N) is 1. The third kappa shape index (κ3) is 3.40. The first-order valence-corrected chi connectivity index (χ1v) is 9.17. The van der Waals surface area contributed by atoms with Crippen LogP contribution in [-0.4, -0.2) is 54.6 Å². The monoisotopic (exact) mass is 348 g/mol. The molecule has 3 N–H and O–H groups in total. The maximum Gasteiger partial charge on any atom is 0.234 e. The number of nitrogens with zero attached hydrogens (tertiary/aromatic N) is 4. The Morgan fingerprint density at radius 1 is 1.28 bits per heavy atom. The van der Waals surface area contributed by atoms with Crippen LogP contribution in [-0.2, 0) is 4.79 Å². The van der Waals surface area contributed by atoms with Gasteiger partial charge in [-0.15, -0.1) is 0 Å². The van der Waals surface area contributed by atoms with Gasteiger partial charge in [0, 0.05) is 32.1 Å². The number of carbonyl (C=O) groups excluding carboxylic acids is 1. The molecule has 3 fully saturated rings. The van der Waals surface area contributed by atoms with E-state index in [9.17, 15) is 9.18 Å². The Kier molecular flexibility index (Phi) is 4.45. The van der Waals surface area contributed by atoms with Gasteiger partial charge in [0.25, 0.3) is 0 Å². The van der Waals surface area contributed by atoms with Crippen molar-refractivity contribution in [2.45, 2.75) is 31.7 Å². The summed E-state index contributed by atoms with van der Waals surface area (Å²) in [4.78, 5) is 24.5. The van der Waals surface area contributed by atoms with Gasteiger partial charge in [-0.1, -0.05) is 0 Å². The van der Waals surface area contributed by atoms with Crippen molar-refractivity contribution in [3.8, 4) is 0 Å². The second-order valence-corrected chi connectivity index (χ2v) is 7.32. The molecule has 25 heavy (non-hydrogen) atoms. The van der Waals surface area contributed by atoms with Gasteiger partial charge in [0.1, 0.15) is 0 Å². The van der Waals surface area contributed by atoms with Crippen molar-refractivity contribution in [2.75, 3.05) is 42.5 Å². The second-order valence-electron chi connectivity index (χ2n) is 7.32. The van der Waals surface area contributed by atoms with E-state index in [-0.39, 0.29) is 24.3 Å². The summed E-state index contributed by atoms with van der Waals surface area (Å²) in [6.07, 6.45) is 5.82. The van der Waals surface area contributed by atoms with E-state index in [1.54, 1.807) is 0 Å². The fourth-order valence-electron chi connectivity index (χ4n) is 4.06. The Labute approximate surface area is 146 Å². The maximum atomic E-state index is 14.2. The molecule has 1 amide bonds. The predicted octanol–water partition coefficient (Wildman–Crippen LogP) is 0.506. The van der Waals surface area contributed by atoms with Crippen molar-refractivity contribution < 1.29 is 9.18 Å². The summed E-state index contributed by atoms with van der Waals surface area (Å²) >= 11 is 0. The van der Waals surface area contributed by atoms with E-state index in [0.29, 0.717) is 30.1 Å². The second kappa shape index (κ2) is 6.74. The molecule has 2 aliphatic heterocycles. The highest BCUT2D eigenvalue weighted by Crippen LogP contribution is 2.42. The SMILES string of the molecule is NCC(=O)N[C@@H]1CN(c2ncc(F)c(N3CCCC3)n2)C[C@H]1C1CC1. The quantitative estimate of drug-likeness (QED) is 0.806. The number of aromatic nitrogens is 2. The summed E-state index contributed by atoms with van der Waals surface area (Å²) in [7, 11) is 0. The number of hydrogen-bond donors (Lipinski definition) is 2. The molecule has 1 aromatic rings. The minimum atomic E-state index is -0.364. The van der Waals surface area contributed by atoms with Crippen molar-refractivity contribution in [1.29, 1.82) is 0 Å². The van der Waals surface area contributed by atoms with Gasteiger partial charge >= 0.3 is 0 Å². The molecule has 1 aromatic heterocycles. The number of amides is 1. The first-order chi connectivity index (χ1) is 12.2. The molecule has 0 aromatic carbocycles. The van der Waals surface area contributed by atoms with Crippen LogP contribution in [0.4, 0.5) is 16.2 Å². The van der Waals surface area contributed by atoms with Crippen LogP contribution in [0.5, 0.6) is 0 Å². The van der Waals surface area contributed by atoms with Crippen LogP contribution >= 0.6 is 0 Å². The van der Waals surface area contributed by atoms with Crippen LogP contribution < -0.4 is 20.9 Å². The first-order valence-electron chi connectivity index (χ1n) is 9.17. The van der Waals surface area contributed by atoms with Crippen LogP contribution in [0.1, 0.15) is 25.7 Å². The van der Waals surface area contributed by atoms with Gasteiger partial charge < -0.3 is 20.9 Å². The molecule has 0 unspecified atom stereocenters. The number of carbonyl (C=O) groups is 1. The van der Waals surface area contributed by atoms with Gasteiger partial charge in [0.2, 0.25) is 11.9 Å². The van der Waals surface area contributed by atoms with Gasteiger partial charge in [0.05, 0.1) is 18.8 Å². The van der Waals surface area contributed by atoms with Gasteiger partial charge in [-0.3, -0.25) is 4.79 Å². The fourth-order valence-corrected chi connectivity index (χ4v) is 4.06. The summed E-state index contributed by atoms with van der Waals surface area (Å²) in [6, 6.07) is 0.0624. The van der Waals surface area contributed by atoms with E-state index >= 15 is 0 Å². The number of halogens is 1. The Hall–Kier alpha value is -1.96. The van der Waals surface area contributed by atoms with E-state index < -0.39 is 0 Å². The zero-order valence-electron chi connectivity index (χ0n) is 14.3. The van der Waals surface area contributed by atoms with Crippen molar-refractivity contribution in [3.63, 3.8) is 0 Å². The van der Waals surface area contributed by atoms with Crippen molar-refractivity contribution in [3.05, 3.63) is 12.0 Å². The Morgan fingerprint density at radius 2 is 2.04 bits per heavy atom. The third-order valence-electron chi connectivity index (χ3n) is 5.53. The smallest absolute Gasteiger partial charge is 0.234 e. The lowest BCUT2D eigenvalue weighted by Crippen LogP contribution is -2.43. The Morgan fingerprint density at radius 3 is 2.72 bits per heavy atom. The number of rotatable bonds is 5. The standard InChI is InChI=1S/C17H25FN6O/c18-13-8-20-17(22-16(13)23-5-1-2-6-23)24-9-12(11-3-4-11)14(10-24)21-15(25)7-19/h8,11-12,14H,1-7,9-10,19H2,(H,21,25)/t12-,14+/m0/s1. The van der Waals surface area contributed by atoms with E-state index in [2.05, 4.69) is 20.2 Å². The van der Waals surface area contributed by atoms with Crippen LogP contribution in [0, 0.1) is 17.7 Å².